The van der Waals surface area contributed by atoms with Gasteiger partial charge in [-0.3, -0.25) is 0 Å². The van der Waals surface area contributed by atoms with E-state index < -0.39 is 18.2 Å². The average Bonchev–Trinajstić information content (AvgIpc) is 2.98. The first kappa shape index (κ1) is 13.4. The monoisotopic (exact) mass is 302 g/mol. The Labute approximate surface area is 123 Å². The third kappa shape index (κ3) is 2.80. The van der Waals surface area contributed by atoms with Gasteiger partial charge in [0.1, 0.15) is 11.3 Å². The molecule has 3 rings (SSSR count). The number of ether oxygens (including phenoxy) is 1. The lowest BCUT2D eigenvalue weighted by Gasteiger charge is -2.05. The van der Waals surface area contributed by atoms with Gasteiger partial charge in [0.05, 0.1) is 5.56 Å². The van der Waals surface area contributed by atoms with Crippen LogP contribution in [0.1, 0.15) is 0 Å². The zero-order valence-electron chi connectivity index (χ0n) is 10.7. The number of carbonyl (C=O) groups is 1. The van der Waals surface area contributed by atoms with Crippen LogP contribution in [0.2, 0.25) is 0 Å². The fourth-order valence-electron chi connectivity index (χ4n) is 1.93. The van der Waals surface area contributed by atoms with Gasteiger partial charge in [-0.1, -0.05) is 6.07 Å². The van der Waals surface area contributed by atoms with Crippen molar-refractivity contribution >= 4 is 28.3 Å². The molecule has 0 atom stereocenters. The first-order valence-electron chi connectivity index (χ1n) is 6.10. The van der Waals surface area contributed by atoms with E-state index in [-0.39, 0.29) is 0 Å². The summed E-state index contributed by atoms with van der Waals surface area (Å²) in [6.45, 7) is -0.441. The summed E-state index contributed by atoms with van der Waals surface area (Å²) in [5.41, 5.74) is 0.445. The molecule has 0 amide bonds. The summed E-state index contributed by atoms with van der Waals surface area (Å²) < 4.78 is 10.3. The molecule has 0 fully saturated rings. The lowest BCUT2D eigenvalue weighted by molar-refractivity contribution is -0.139. The van der Waals surface area contributed by atoms with E-state index in [1.807, 2.05) is 17.5 Å². The van der Waals surface area contributed by atoms with Gasteiger partial charge < -0.3 is 14.3 Å². The molecule has 1 aromatic carbocycles. The minimum Gasteiger partial charge on any atom is -0.482 e. The largest absolute Gasteiger partial charge is 0.482 e. The molecule has 2 aromatic heterocycles. The average molecular weight is 302 g/mol. The molecule has 0 saturated carbocycles. The SMILES string of the molecule is O=C(O)COc1ccc2cc(-c3cccs3)c(=O)oc2c1. The Bertz CT molecular complexity index is 848. The molecule has 1 N–H and O–H groups in total. The maximum atomic E-state index is 12.0. The van der Waals surface area contributed by atoms with Crippen LogP contribution in [0.5, 0.6) is 5.75 Å². The van der Waals surface area contributed by atoms with Gasteiger partial charge in [-0.05, 0) is 29.6 Å². The van der Waals surface area contributed by atoms with Crippen LogP contribution in [0.3, 0.4) is 0 Å². The van der Waals surface area contributed by atoms with Gasteiger partial charge in [0.15, 0.2) is 6.61 Å². The minimum absolute atomic E-state index is 0.344. The number of hydrogen-bond acceptors (Lipinski definition) is 5. The molecule has 6 heteroatoms. The fourth-order valence-corrected chi connectivity index (χ4v) is 2.66. The van der Waals surface area contributed by atoms with Gasteiger partial charge in [0.25, 0.3) is 0 Å². The molecule has 0 aliphatic rings. The number of carboxylic acids is 1. The smallest absolute Gasteiger partial charge is 0.345 e. The zero-order chi connectivity index (χ0) is 14.8. The van der Waals surface area contributed by atoms with Crippen molar-refractivity contribution in [3.8, 4) is 16.2 Å². The van der Waals surface area contributed by atoms with Crippen molar-refractivity contribution in [2.75, 3.05) is 6.61 Å². The van der Waals surface area contributed by atoms with E-state index in [0.717, 1.165) is 10.3 Å². The Morgan fingerprint density at radius 1 is 1.29 bits per heavy atom. The number of carboxylic acid groups (broad SMARTS) is 1. The Morgan fingerprint density at radius 3 is 2.86 bits per heavy atom. The normalized spacial score (nSPS) is 10.7. The van der Waals surface area contributed by atoms with E-state index in [0.29, 0.717) is 16.9 Å². The first-order valence-corrected chi connectivity index (χ1v) is 6.98. The molecule has 106 valence electrons. The van der Waals surface area contributed by atoms with Gasteiger partial charge in [0, 0.05) is 16.3 Å². The molecule has 0 unspecified atom stereocenters. The summed E-state index contributed by atoms with van der Waals surface area (Å²) in [6, 6.07) is 10.4. The third-order valence-electron chi connectivity index (χ3n) is 2.86. The first-order chi connectivity index (χ1) is 10.1. The Balaban J connectivity index is 2.02. The summed E-state index contributed by atoms with van der Waals surface area (Å²) >= 11 is 1.46. The summed E-state index contributed by atoms with van der Waals surface area (Å²) in [5.74, 6) is -0.721. The third-order valence-corrected chi connectivity index (χ3v) is 3.76. The zero-order valence-corrected chi connectivity index (χ0v) is 11.6. The summed E-state index contributed by atoms with van der Waals surface area (Å²) in [5, 5.41) is 11.2. The molecule has 21 heavy (non-hydrogen) atoms. The van der Waals surface area contributed by atoms with Crippen LogP contribution in [0.15, 0.2) is 51.0 Å². The highest BCUT2D eigenvalue weighted by Crippen LogP contribution is 2.26. The Hall–Kier alpha value is -2.60. The van der Waals surface area contributed by atoms with Gasteiger partial charge in [-0.25, -0.2) is 9.59 Å². The van der Waals surface area contributed by atoms with Gasteiger partial charge >= 0.3 is 11.6 Å². The predicted octanol–water partition coefficient (Wildman–Crippen LogP) is 2.98. The number of thiophene rings is 1. The van der Waals surface area contributed by atoms with E-state index in [1.165, 1.54) is 17.4 Å². The van der Waals surface area contributed by atoms with Crippen molar-refractivity contribution in [3.63, 3.8) is 0 Å². The fraction of sp³-hybridized carbons (Fsp3) is 0.0667. The highest BCUT2D eigenvalue weighted by molar-refractivity contribution is 7.13. The number of rotatable bonds is 4. The number of fused-ring (bicyclic) bond motifs is 1. The van der Waals surface area contributed by atoms with Crippen LogP contribution < -0.4 is 10.4 Å². The molecule has 0 bridgehead atoms. The topological polar surface area (TPSA) is 76.7 Å². The van der Waals surface area contributed by atoms with Crippen LogP contribution in [0.25, 0.3) is 21.4 Å². The standard InChI is InChI=1S/C15H10O5S/c16-14(17)8-19-10-4-3-9-6-11(13-2-1-5-21-13)15(18)20-12(9)7-10/h1-7H,8H2,(H,16,17). The van der Waals surface area contributed by atoms with Crippen molar-refractivity contribution < 1.29 is 19.1 Å². The predicted molar refractivity (Wildman–Crippen MR) is 78.9 cm³/mol. The summed E-state index contributed by atoms with van der Waals surface area (Å²) in [7, 11) is 0. The van der Waals surface area contributed by atoms with Gasteiger partial charge in [0.2, 0.25) is 0 Å². The number of aliphatic carboxylic acids is 1. The Morgan fingerprint density at radius 2 is 2.14 bits per heavy atom. The van der Waals surface area contributed by atoms with Gasteiger partial charge in [-0.15, -0.1) is 11.3 Å². The van der Waals surface area contributed by atoms with Crippen molar-refractivity contribution in [2.24, 2.45) is 0 Å². The molecule has 0 spiro atoms. The van der Waals surface area contributed by atoms with Crippen molar-refractivity contribution in [1.29, 1.82) is 0 Å². The van der Waals surface area contributed by atoms with E-state index in [9.17, 15) is 9.59 Å². The minimum atomic E-state index is -1.07. The molecular formula is C15H10O5S. The maximum absolute atomic E-state index is 12.0. The molecule has 3 aromatic rings. The van der Waals surface area contributed by atoms with Crippen LogP contribution in [-0.4, -0.2) is 17.7 Å². The Kier molecular flexibility index (Phi) is 3.45. The second-order valence-corrected chi connectivity index (χ2v) is 5.25. The summed E-state index contributed by atoms with van der Waals surface area (Å²) in [4.78, 5) is 23.3. The van der Waals surface area contributed by atoms with Crippen LogP contribution >= 0.6 is 11.3 Å². The van der Waals surface area contributed by atoms with E-state index >= 15 is 0 Å². The highest BCUT2D eigenvalue weighted by Gasteiger charge is 2.09. The number of benzene rings is 1. The second-order valence-electron chi connectivity index (χ2n) is 4.31. The van der Waals surface area contributed by atoms with Crippen molar-refractivity contribution in [1.82, 2.24) is 0 Å². The second kappa shape index (κ2) is 5.41. The lowest BCUT2D eigenvalue weighted by atomic mass is 10.1. The van der Waals surface area contributed by atoms with Crippen molar-refractivity contribution in [3.05, 3.63) is 52.2 Å². The summed E-state index contributed by atoms with van der Waals surface area (Å²) in [6.07, 6.45) is 0. The molecule has 0 aliphatic carbocycles. The van der Waals surface area contributed by atoms with Crippen LogP contribution in [-0.2, 0) is 4.79 Å². The molecule has 0 saturated heterocycles. The molecule has 5 nitrogen and oxygen atoms in total. The molecular weight excluding hydrogens is 292 g/mol. The molecule has 0 radical (unpaired) electrons. The van der Waals surface area contributed by atoms with Crippen LogP contribution in [0.4, 0.5) is 0 Å². The van der Waals surface area contributed by atoms with Crippen LogP contribution in [0, 0.1) is 0 Å². The molecule has 0 aliphatic heterocycles. The van der Waals surface area contributed by atoms with E-state index in [4.69, 9.17) is 14.3 Å². The molecule has 2 heterocycles. The quantitative estimate of drug-likeness (QED) is 0.750. The van der Waals surface area contributed by atoms with E-state index in [1.54, 1.807) is 18.2 Å². The van der Waals surface area contributed by atoms with Crippen molar-refractivity contribution in [2.45, 2.75) is 0 Å². The lowest BCUT2D eigenvalue weighted by Crippen LogP contribution is -2.09. The van der Waals surface area contributed by atoms with Gasteiger partial charge in [-0.2, -0.15) is 0 Å². The van der Waals surface area contributed by atoms with E-state index in [2.05, 4.69) is 0 Å². The maximum Gasteiger partial charge on any atom is 0.345 e. The number of hydrogen-bond donors (Lipinski definition) is 1. The highest BCUT2D eigenvalue weighted by atomic mass is 32.1.